The third-order valence-electron chi connectivity index (χ3n) is 2.53. The maximum atomic E-state index is 5.45. The molecule has 0 bridgehead atoms. The molecule has 1 heterocycles. The number of nitrogens with two attached hydrogens (primary N) is 1. The fourth-order valence-electron chi connectivity index (χ4n) is 1.49. The molecule has 0 spiro atoms. The Morgan fingerprint density at radius 3 is 3.00 bits per heavy atom. The normalized spacial score (nSPS) is 16.4. The van der Waals surface area contributed by atoms with Crippen LogP contribution in [-0.4, -0.2) is 22.6 Å². The molecule has 4 heteroatoms. The summed E-state index contributed by atoms with van der Waals surface area (Å²) in [5.41, 5.74) is 5.45. The average Bonchev–Trinajstić information content (AvgIpc) is 2.13. The van der Waals surface area contributed by atoms with Gasteiger partial charge in [-0.1, -0.05) is 0 Å². The van der Waals surface area contributed by atoms with Crippen LogP contribution in [0, 0.1) is 0 Å². The number of nitrogens with zero attached hydrogens (tertiary/aromatic N) is 2. The lowest BCUT2D eigenvalue weighted by molar-refractivity contribution is 0.444. The first-order chi connectivity index (χ1) is 6.88. The van der Waals surface area contributed by atoms with Gasteiger partial charge in [0.1, 0.15) is 11.6 Å². The lowest BCUT2D eigenvalue weighted by Crippen LogP contribution is -2.27. The molecule has 1 fully saturated rings. The van der Waals surface area contributed by atoms with Crippen molar-refractivity contribution in [1.82, 2.24) is 9.97 Å². The number of hydrogen-bond acceptors (Lipinski definition) is 4. The Labute approximate surface area is 83.9 Å². The molecule has 0 amide bonds. The van der Waals surface area contributed by atoms with Crippen molar-refractivity contribution in [1.29, 1.82) is 0 Å². The van der Waals surface area contributed by atoms with E-state index in [1.165, 1.54) is 19.3 Å². The van der Waals surface area contributed by atoms with Gasteiger partial charge in [-0.15, -0.1) is 0 Å². The van der Waals surface area contributed by atoms with Gasteiger partial charge in [0.2, 0.25) is 0 Å². The van der Waals surface area contributed by atoms with Crippen LogP contribution in [0.4, 0.5) is 5.82 Å². The minimum Gasteiger partial charge on any atom is -0.367 e. The van der Waals surface area contributed by atoms with Gasteiger partial charge in [0.15, 0.2) is 0 Å². The number of rotatable bonds is 4. The Kier molecular flexibility index (Phi) is 2.93. The Morgan fingerprint density at radius 1 is 1.50 bits per heavy atom. The second kappa shape index (κ2) is 4.37. The molecular formula is C10H16N4. The first-order valence-corrected chi connectivity index (χ1v) is 5.17. The third-order valence-corrected chi connectivity index (χ3v) is 2.53. The van der Waals surface area contributed by atoms with Gasteiger partial charge in [-0.25, -0.2) is 9.97 Å². The summed E-state index contributed by atoms with van der Waals surface area (Å²) in [6, 6.07) is 2.54. The zero-order chi connectivity index (χ0) is 9.80. The molecule has 0 unspecified atom stereocenters. The topological polar surface area (TPSA) is 63.8 Å². The van der Waals surface area contributed by atoms with E-state index < -0.39 is 0 Å². The lowest BCUT2D eigenvalue weighted by atomic mass is 9.93. The second-order valence-corrected chi connectivity index (χ2v) is 3.67. The van der Waals surface area contributed by atoms with Crippen molar-refractivity contribution in [3.05, 3.63) is 18.1 Å². The first-order valence-electron chi connectivity index (χ1n) is 5.17. The highest BCUT2D eigenvalue weighted by Gasteiger charge is 2.17. The summed E-state index contributed by atoms with van der Waals surface area (Å²) in [5, 5.41) is 3.39. The first kappa shape index (κ1) is 9.40. The smallest absolute Gasteiger partial charge is 0.131 e. The Bertz CT molecular complexity index is 296. The number of aromatic nitrogens is 2. The van der Waals surface area contributed by atoms with Crippen LogP contribution < -0.4 is 11.1 Å². The van der Waals surface area contributed by atoms with E-state index in [1.54, 1.807) is 6.20 Å². The molecule has 0 aliphatic heterocycles. The van der Waals surface area contributed by atoms with Crippen molar-refractivity contribution in [2.75, 3.05) is 11.9 Å². The van der Waals surface area contributed by atoms with Crippen molar-refractivity contribution in [3.8, 4) is 0 Å². The van der Waals surface area contributed by atoms with E-state index in [2.05, 4.69) is 15.3 Å². The molecule has 1 aliphatic carbocycles. The van der Waals surface area contributed by atoms with E-state index >= 15 is 0 Å². The largest absolute Gasteiger partial charge is 0.367 e. The fraction of sp³-hybridized carbons (Fsp3) is 0.600. The van der Waals surface area contributed by atoms with Gasteiger partial charge in [-0.05, 0) is 31.9 Å². The molecule has 1 saturated carbocycles. The molecule has 76 valence electrons. The Balaban J connectivity index is 1.97. The van der Waals surface area contributed by atoms with E-state index in [1.807, 2.05) is 6.07 Å². The third kappa shape index (κ3) is 2.20. The maximum Gasteiger partial charge on any atom is 0.131 e. The molecule has 1 aromatic heterocycles. The van der Waals surface area contributed by atoms with E-state index in [0.29, 0.717) is 12.6 Å². The molecule has 0 saturated heterocycles. The van der Waals surface area contributed by atoms with Crippen LogP contribution in [0.2, 0.25) is 0 Å². The van der Waals surface area contributed by atoms with Crippen molar-refractivity contribution in [2.24, 2.45) is 5.73 Å². The molecule has 2 rings (SSSR count). The lowest BCUT2D eigenvalue weighted by Gasteiger charge is -2.26. The molecule has 0 radical (unpaired) electrons. The molecule has 3 N–H and O–H groups in total. The molecule has 1 aromatic rings. The maximum absolute atomic E-state index is 5.45. The molecule has 0 aromatic carbocycles. The predicted molar refractivity (Wildman–Crippen MR) is 56.1 cm³/mol. The standard InChI is InChI=1S/C10H16N4/c11-6-4-9-12-7-5-10(14-9)13-8-2-1-3-8/h5,7-8H,1-4,6,11H2,(H,12,13,14). The quantitative estimate of drug-likeness (QED) is 0.745. The zero-order valence-corrected chi connectivity index (χ0v) is 8.24. The van der Waals surface area contributed by atoms with Crippen LogP contribution in [0.3, 0.4) is 0 Å². The minimum absolute atomic E-state index is 0.604. The van der Waals surface area contributed by atoms with Gasteiger partial charge >= 0.3 is 0 Å². The van der Waals surface area contributed by atoms with Gasteiger partial charge < -0.3 is 11.1 Å². The van der Waals surface area contributed by atoms with Crippen molar-refractivity contribution >= 4 is 5.82 Å². The van der Waals surface area contributed by atoms with E-state index in [9.17, 15) is 0 Å². The van der Waals surface area contributed by atoms with Crippen molar-refractivity contribution in [2.45, 2.75) is 31.7 Å². The number of nitrogens with one attached hydrogen (secondary N) is 1. The fourth-order valence-corrected chi connectivity index (χ4v) is 1.49. The summed E-state index contributed by atoms with van der Waals surface area (Å²) >= 11 is 0. The van der Waals surface area contributed by atoms with Crippen LogP contribution in [0.1, 0.15) is 25.1 Å². The zero-order valence-electron chi connectivity index (χ0n) is 8.24. The van der Waals surface area contributed by atoms with E-state index in [0.717, 1.165) is 18.1 Å². The van der Waals surface area contributed by atoms with Crippen molar-refractivity contribution < 1.29 is 0 Å². The highest BCUT2D eigenvalue weighted by atomic mass is 15.1. The molecule has 0 atom stereocenters. The van der Waals surface area contributed by atoms with Crippen LogP contribution in [0.5, 0.6) is 0 Å². The summed E-state index contributed by atoms with van der Waals surface area (Å²) in [4.78, 5) is 8.53. The minimum atomic E-state index is 0.604. The Morgan fingerprint density at radius 2 is 2.36 bits per heavy atom. The average molecular weight is 192 g/mol. The summed E-state index contributed by atoms with van der Waals surface area (Å²) in [6.07, 6.45) is 6.39. The van der Waals surface area contributed by atoms with Gasteiger partial charge in [-0.2, -0.15) is 0 Å². The summed E-state index contributed by atoms with van der Waals surface area (Å²) < 4.78 is 0. The molecule has 4 nitrogen and oxygen atoms in total. The second-order valence-electron chi connectivity index (χ2n) is 3.67. The molecule has 14 heavy (non-hydrogen) atoms. The van der Waals surface area contributed by atoms with Crippen LogP contribution >= 0.6 is 0 Å². The summed E-state index contributed by atoms with van der Waals surface area (Å²) in [5.74, 6) is 1.77. The predicted octanol–water partition coefficient (Wildman–Crippen LogP) is 0.942. The van der Waals surface area contributed by atoms with E-state index in [-0.39, 0.29) is 0 Å². The van der Waals surface area contributed by atoms with Crippen LogP contribution in [0.25, 0.3) is 0 Å². The molecular weight excluding hydrogens is 176 g/mol. The highest BCUT2D eigenvalue weighted by Crippen LogP contribution is 2.21. The number of hydrogen-bond donors (Lipinski definition) is 2. The summed E-state index contributed by atoms with van der Waals surface area (Å²) in [6.45, 7) is 0.604. The van der Waals surface area contributed by atoms with Gasteiger partial charge in [0.25, 0.3) is 0 Å². The van der Waals surface area contributed by atoms with Crippen LogP contribution in [-0.2, 0) is 6.42 Å². The van der Waals surface area contributed by atoms with Gasteiger partial charge in [0, 0.05) is 18.7 Å². The summed E-state index contributed by atoms with van der Waals surface area (Å²) in [7, 11) is 0. The highest BCUT2D eigenvalue weighted by molar-refractivity contribution is 5.34. The van der Waals surface area contributed by atoms with Crippen molar-refractivity contribution in [3.63, 3.8) is 0 Å². The molecule has 1 aliphatic rings. The van der Waals surface area contributed by atoms with E-state index in [4.69, 9.17) is 5.73 Å². The number of anilines is 1. The SMILES string of the molecule is NCCc1nccc(NC2CCC2)n1. The van der Waals surface area contributed by atoms with Gasteiger partial charge in [-0.3, -0.25) is 0 Å². The van der Waals surface area contributed by atoms with Crippen LogP contribution in [0.15, 0.2) is 12.3 Å². The monoisotopic (exact) mass is 192 g/mol. The Hall–Kier alpha value is -1.16. The van der Waals surface area contributed by atoms with Gasteiger partial charge in [0.05, 0.1) is 0 Å².